The zero-order valence-corrected chi connectivity index (χ0v) is 11.9. The van der Waals surface area contributed by atoms with Crippen LogP contribution in [0.3, 0.4) is 0 Å². The maximum Gasteiger partial charge on any atom is 0.163 e. The van der Waals surface area contributed by atoms with E-state index in [4.69, 9.17) is 0 Å². The SMILES string of the molecule is CCC1CN(Cc2cccc(F)c2F)C(C2CC2)CN1. The van der Waals surface area contributed by atoms with Gasteiger partial charge in [-0.25, -0.2) is 8.78 Å². The van der Waals surface area contributed by atoms with Crippen LogP contribution < -0.4 is 5.32 Å². The van der Waals surface area contributed by atoms with Gasteiger partial charge < -0.3 is 5.32 Å². The van der Waals surface area contributed by atoms with Crippen molar-refractivity contribution in [2.24, 2.45) is 5.92 Å². The Morgan fingerprint density at radius 3 is 2.80 bits per heavy atom. The quantitative estimate of drug-likeness (QED) is 0.912. The molecule has 1 aliphatic carbocycles. The molecule has 2 fully saturated rings. The Labute approximate surface area is 119 Å². The number of hydrogen-bond acceptors (Lipinski definition) is 2. The molecular weight excluding hydrogens is 258 g/mol. The van der Waals surface area contributed by atoms with E-state index in [1.807, 2.05) is 0 Å². The molecule has 2 aliphatic rings. The molecule has 110 valence electrons. The molecule has 2 atom stereocenters. The summed E-state index contributed by atoms with van der Waals surface area (Å²) in [6.07, 6.45) is 3.61. The Hall–Kier alpha value is -1.00. The third-order valence-corrected chi connectivity index (χ3v) is 4.60. The normalized spacial score (nSPS) is 27.8. The second kappa shape index (κ2) is 5.78. The molecule has 0 aromatic heterocycles. The van der Waals surface area contributed by atoms with Gasteiger partial charge in [-0.15, -0.1) is 0 Å². The van der Waals surface area contributed by atoms with Crippen LogP contribution >= 0.6 is 0 Å². The summed E-state index contributed by atoms with van der Waals surface area (Å²) in [6, 6.07) is 5.41. The molecule has 0 radical (unpaired) electrons. The van der Waals surface area contributed by atoms with Crippen molar-refractivity contribution in [2.45, 2.75) is 44.8 Å². The highest BCUT2D eigenvalue weighted by Gasteiger charge is 2.38. The lowest BCUT2D eigenvalue weighted by Crippen LogP contribution is -2.56. The molecule has 2 unspecified atom stereocenters. The van der Waals surface area contributed by atoms with E-state index in [1.54, 1.807) is 12.1 Å². The molecule has 1 aromatic carbocycles. The molecule has 0 bridgehead atoms. The van der Waals surface area contributed by atoms with E-state index in [0.29, 0.717) is 24.2 Å². The molecular formula is C16H22F2N2. The first-order chi connectivity index (χ1) is 9.69. The highest BCUT2D eigenvalue weighted by atomic mass is 19.2. The third kappa shape index (κ3) is 2.86. The Morgan fingerprint density at radius 2 is 2.10 bits per heavy atom. The van der Waals surface area contributed by atoms with Gasteiger partial charge in [-0.2, -0.15) is 0 Å². The number of piperazine rings is 1. The largest absolute Gasteiger partial charge is 0.311 e. The van der Waals surface area contributed by atoms with E-state index >= 15 is 0 Å². The minimum atomic E-state index is -0.743. The summed E-state index contributed by atoms with van der Waals surface area (Å²) in [5.41, 5.74) is 0.479. The molecule has 3 rings (SSSR count). The van der Waals surface area contributed by atoms with Gasteiger partial charge in [0.2, 0.25) is 0 Å². The zero-order valence-electron chi connectivity index (χ0n) is 11.9. The number of nitrogens with zero attached hydrogens (tertiary/aromatic N) is 1. The molecule has 1 aromatic rings. The Morgan fingerprint density at radius 1 is 1.30 bits per heavy atom. The van der Waals surface area contributed by atoms with Crippen LogP contribution in [-0.2, 0) is 6.54 Å². The zero-order chi connectivity index (χ0) is 14.1. The fourth-order valence-corrected chi connectivity index (χ4v) is 3.19. The van der Waals surface area contributed by atoms with Crippen molar-refractivity contribution in [3.63, 3.8) is 0 Å². The number of nitrogens with one attached hydrogen (secondary N) is 1. The topological polar surface area (TPSA) is 15.3 Å². The van der Waals surface area contributed by atoms with Crippen molar-refractivity contribution in [3.8, 4) is 0 Å². The molecule has 1 aliphatic heterocycles. The van der Waals surface area contributed by atoms with Crippen LogP contribution in [0.5, 0.6) is 0 Å². The molecule has 1 saturated carbocycles. The Balaban J connectivity index is 1.76. The first-order valence-corrected chi connectivity index (χ1v) is 7.59. The third-order valence-electron chi connectivity index (χ3n) is 4.60. The number of hydrogen-bond donors (Lipinski definition) is 1. The predicted octanol–water partition coefficient (Wildman–Crippen LogP) is 2.93. The fourth-order valence-electron chi connectivity index (χ4n) is 3.19. The van der Waals surface area contributed by atoms with Crippen molar-refractivity contribution in [1.29, 1.82) is 0 Å². The number of benzene rings is 1. The summed E-state index contributed by atoms with van der Waals surface area (Å²) in [5.74, 6) is -0.696. The van der Waals surface area contributed by atoms with Gasteiger partial charge in [0, 0.05) is 37.3 Å². The minimum absolute atomic E-state index is 0.460. The van der Waals surface area contributed by atoms with Gasteiger partial charge in [-0.05, 0) is 31.2 Å². The Bertz CT molecular complexity index is 474. The highest BCUT2D eigenvalue weighted by molar-refractivity contribution is 5.19. The van der Waals surface area contributed by atoms with Crippen LogP contribution in [0.15, 0.2) is 18.2 Å². The van der Waals surface area contributed by atoms with Gasteiger partial charge in [-0.1, -0.05) is 19.1 Å². The van der Waals surface area contributed by atoms with Crippen molar-refractivity contribution >= 4 is 0 Å². The van der Waals surface area contributed by atoms with Gasteiger partial charge in [0.05, 0.1) is 0 Å². The Kier molecular flexibility index (Phi) is 4.03. The molecule has 0 spiro atoms. The number of halogens is 2. The average molecular weight is 280 g/mol. The standard InChI is InChI=1S/C16H22F2N2/c1-2-13-10-20(15(8-19-13)11-6-7-11)9-12-4-3-5-14(17)16(12)18/h3-5,11,13,15,19H,2,6-10H2,1H3. The second-order valence-electron chi connectivity index (χ2n) is 6.06. The van der Waals surface area contributed by atoms with Crippen molar-refractivity contribution < 1.29 is 8.78 Å². The van der Waals surface area contributed by atoms with Crippen LogP contribution in [0.2, 0.25) is 0 Å². The van der Waals surface area contributed by atoms with Gasteiger partial charge in [0.25, 0.3) is 0 Å². The molecule has 4 heteroatoms. The molecule has 1 N–H and O–H groups in total. The predicted molar refractivity (Wildman–Crippen MR) is 75.4 cm³/mol. The van der Waals surface area contributed by atoms with Crippen LogP contribution in [-0.4, -0.2) is 30.1 Å². The molecule has 20 heavy (non-hydrogen) atoms. The lowest BCUT2D eigenvalue weighted by atomic mass is 10.0. The first kappa shape index (κ1) is 14.0. The van der Waals surface area contributed by atoms with E-state index in [-0.39, 0.29) is 0 Å². The van der Waals surface area contributed by atoms with E-state index in [2.05, 4.69) is 17.1 Å². The van der Waals surface area contributed by atoms with Crippen LogP contribution in [0.1, 0.15) is 31.7 Å². The highest BCUT2D eigenvalue weighted by Crippen LogP contribution is 2.37. The van der Waals surface area contributed by atoms with Crippen molar-refractivity contribution in [2.75, 3.05) is 13.1 Å². The van der Waals surface area contributed by atoms with E-state index in [9.17, 15) is 8.78 Å². The summed E-state index contributed by atoms with van der Waals surface area (Å²) in [5, 5.41) is 3.57. The van der Waals surface area contributed by atoms with Crippen LogP contribution in [0.4, 0.5) is 8.78 Å². The van der Waals surface area contributed by atoms with Crippen LogP contribution in [0.25, 0.3) is 0 Å². The smallest absolute Gasteiger partial charge is 0.163 e. The van der Waals surface area contributed by atoms with Crippen molar-refractivity contribution in [1.82, 2.24) is 10.2 Å². The van der Waals surface area contributed by atoms with Gasteiger partial charge >= 0.3 is 0 Å². The van der Waals surface area contributed by atoms with Crippen molar-refractivity contribution in [3.05, 3.63) is 35.4 Å². The average Bonchev–Trinajstić information content (AvgIpc) is 3.28. The van der Waals surface area contributed by atoms with Gasteiger partial charge in [0.15, 0.2) is 11.6 Å². The molecule has 1 heterocycles. The maximum atomic E-state index is 13.9. The number of rotatable bonds is 4. The van der Waals surface area contributed by atoms with E-state index in [0.717, 1.165) is 25.4 Å². The molecule has 1 saturated heterocycles. The van der Waals surface area contributed by atoms with Gasteiger partial charge in [0.1, 0.15) is 0 Å². The first-order valence-electron chi connectivity index (χ1n) is 7.59. The summed E-state index contributed by atoms with van der Waals surface area (Å²) >= 11 is 0. The van der Waals surface area contributed by atoms with E-state index in [1.165, 1.54) is 18.9 Å². The van der Waals surface area contributed by atoms with E-state index < -0.39 is 11.6 Å². The molecule has 2 nitrogen and oxygen atoms in total. The summed E-state index contributed by atoms with van der Waals surface area (Å²) in [7, 11) is 0. The molecule has 0 amide bonds. The monoisotopic (exact) mass is 280 g/mol. The summed E-state index contributed by atoms with van der Waals surface area (Å²) in [4.78, 5) is 2.35. The lowest BCUT2D eigenvalue weighted by Gasteiger charge is -2.40. The summed E-state index contributed by atoms with van der Waals surface area (Å²) < 4.78 is 27.2. The summed E-state index contributed by atoms with van der Waals surface area (Å²) in [6.45, 7) is 4.58. The lowest BCUT2D eigenvalue weighted by molar-refractivity contribution is 0.104. The minimum Gasteiger partial charge on any atom is -0.311 e. The van der Waals surface area contributed by atoms with Crippen LogP contribution in [0, 0.1) is 17.6 Å². The maximum absolute atomic E-state index is 13.9. The second-order valence-corrected chi connectivity index (χ2v) is 6.06. The van der Waals surface area contributed by atoms with Gasteiger partial charge in [-0.3, -0.25) is 4.90 Å². The fraction of sp³-hybridized carbons (Fsp3) is 0.625.